The number of carbonyl (C=O) groups excluding carboxylic acids is 2. The number of rotatable bonds is 7. The van der Waals surface area contributed by atoms with Crippen LogP contribution in [0.3, 0.4) is 0 Å². The molecule has 0 spiro atoms. The minimum absolute atomic E-state index is 0.0881. The summed E-state index contributed by atoms with van der Waals surface area (Å²) in [5, 5.41) is 12.1. The molecule has 4 N–H and O–H groups in total. The van der Waals surface area contributed by atoms with E-state index >= 15 is 0 Å². The van der Waals surface area contributed by atoms with E-state index in [2.05, 4.69) is 31.2 Å². The van der Waals surface area contributed by atoms with Crippen LogP contribution in [0.15, 0.2) is 23.3 Å². The van der Waals surface area contributed by atoms with Gasteiger partial charge in [0.15, 0.2) is 0 Å². The molecule has 10 nitrogen and oxygen atoms in total. The van der Waals surface area contributed by atoms with Crippen LogP contribution in [0.25, 0.3) is 0 Å². The number of hydrogen-bond acceptors (Lipinski definition) is 7. The number of carbonyl (C=O) groups is 2. The summed E-state index contributed by atoms with van der Waals surface area (Å²) >= 11 is 0. The first kappa shape index (κ1) is 23.9. The highest BCUT2D eigenvalue weighted by Gasteiger charge is 2.36. The van der Waals surface area contributed by atoms with E-state index in [0.29, 0.717) is 43.1 Å². The summed E-state index contributed by atoms with van der Waals surface area (Å²) in [6, 6.07) is 3.40. The van der Waals surface area contributed by atoms with Gasteiger partial charge >= 0.3 is 0 Å². The highest BCUT2D eigenvalue weighted by Crippen LogP contribution is 2.33. The molecule has 182 valence electrons. The molecular weight excluding hydrogens is 434 g/mol. The zero-order valence-corrected chi connectivity index (χ0v) is 20.0. The molecule has 2 unspecified atom stereocenters. The van der Waals surface area contributed by atoms with Crippen molar-refractivity contribution in [1.29, 1.82) is 0 Å². The molecule has 0 bridgehead atoms. The first-order valence-electron chi connectivity index (χ1n) is 11.9. The van der Waals surface area contributed by atoms with Gasteiger partial charge in [-0.05, 0) is 63.6 Å². The van der Waals surface area contributed by atoms with Crippen LogP contribution in [0.1, 0.15) is 50.3 Å². The Balaban J connectivity index is 1.62. The zero-order valence-electron chi connectivity index (χ0n) is 20.0. The topological polar surface area (TPSA) is 130 Å². The molecule has 2 aromatic rings. The van der Waals surface area contributed by atoms with Crippen molar-refractivity contribution in [3.63, 3.8) is 0 Å². The molecule has 10 heteroatoms. The fraction of sp³-hybridized carbons (Fsp3) is 0.542. The number of aryl methyl sites for hydroxylation is 1. The number of hydrogen-bond donors (Lipinski definition) is 4. The van der Waals surface area contributed by atoms with Gasteiger partial charge < -0.3 is 21.3 Å². The Hall–Kier alpha value is -3.27. The summed E-state index contributed by atoms with van der Waals surface area (Å²) in [7, 11) is 0. The van der Waals surface area contributed by atoms with Crippen molar-refractivity contribution in [1.82, 2.24) is 25.2 Å². The fourth-order valence-electron chi connectivity index (χ4n) is 5.13. The van der Waals surface area contributed by atoms with E-state index in [1.165, 1.54) is 6.33 Å². The predicted molar refractivity (Wildman–Crippen MR) is 130 cm³/mol. The molecule has 34 heavy (non-hydrogen) atoms. The van der Waals surface area contributed by atoms with Gasteiger partial charge in [0.2, 0.25) is 12.3 Å². The lowest BCUT2D eigenvalue weighted by atomic mass is 9.88. The maximum absolute atomic E-state index is 13.6. The maximum Gasteiger partial charge on any atom is 0.276 e. The van der Waals surface area contributed by atoms with Crippen LogP contribution in [-0.4, -0.2) is 39.9 Å². The molecule has 4 rings (SSSR count). The second-order valence-corrected chi connectivity index (χ2v) is 9.47. The van der Waals surface area contributed by atoms with Crippen molar-refractivity contribution in [3.05, 3.63) is 40.1 Å². The summed E-state index contributed by atoms with van der Waals surface area (Å²) < 4.78 is 1.72. The number of nitrogens with one attached hydrogen (secondary N) is 4. The second-order valence-electron chi connectivity index (χ2n) is 9.47. The number of aromatic nitrogens is 3. The van der Waals surface area contributed by atoms with Crippen LogP contribution >= 0.6 is 0 Å². The van der Waals surface area contributed by atoms with Gasteiger partial charge in [-0.1, -0.05) is 13.3 Å². The predicted octanol–water partition coefficient (Wildman–Crippen LogP) is 2.16. The van der Waals surface area contributed by atoms with Gasteiger partial charge in [0.25, 0.3) is 5.56 Å². The van der Waals surface area contributed by atoms with E-state index in [9.17, 15) is 14.4 Å². The molecule has 1 aliphatic heterocycles. The minimum atomic E-state index is -0.736. The quantitative estimate of drug-likeness (QED) is 0.459. The Bertz CT molecular complexity index is 1120. The third-order valence-electron chi connectivity index (χ3n) is 7.17. The standard InChI is InChI=1S/C24H33N7O3/c1-15-9-19(23(34)31(17(15)3)24(28-14-32)7-5-4-6-8-24)29-20-10-21(27-13-26-20)30-22(33)18-12-25-11-16(18)2/h9-10,13-14,16,18,25H,4-8,11-12H2,1-3H3,(H,28,32)(H2,26,27,29,30,33). The van der Waals surface area contributed by atoms with E-state index in [4.69, 9.17) is 0 Å². The molecule has 2 amide bonds. The van der Waals surface area contributed by atoms with Crippen LogP contribution in [0.5, 0.6) is 0 Å². The third kappa shape index (κ3) is 4.68. The largest absolute Gasteiger partial charge is 0.336 e. The van der Waals surface area contributed by atoms with Crippen LogP contribution in [0.4, 0.5) is 17.3 Å². The first-order valence-corrected chi connectivity index (χ1v) is 11.9. The monoisotopic (exact) mass is 467 g/mol. The van der Waals surface area contributed by atoms with Crippen molar-refractivity contribution in [3.8, 4) is 0 Å². The molecule has 3 heterocycles. The first-order chi connectivity index (χ1) is 16.3. The van der Waals surface area contributed by atoms with Crippen LogP contribution in [0, 0.1) is 25.7 Å². The van der Waals surface area contributed by atoms with Gasteiger partial charge in [-0.25, -0.2) is 9.97 Å². The van der Waals surface area contributed by atoms with Gasteiger partial charge in [0.05, 0.1) is 5.92 Å². The van der Waals surface area contributed by atoms with Crippen LogP contribution in [-0.2, 0) is 15.3 Å². The summed E-state index contributed by atoms with van der Waals surface area (Å²) in [6.07, 6.45) is 6.40. The lowest BCUT2D eigenvalue weighted by Crippen LogP contribution is -2.53. The molecule has 2 aromatic heterocycles. The summed E-state index contributed by atoms with van der Waals surface area (Å²) in [5.41, 5.74) is 1.13. The molecule has 2 atom stereocenters. The highest BCUT2D eigenvalue weighted by molar-refractivity contribution is 5.92. The highest BCUT2D eigenvalue weighted by atomic mass is 16.2. The zero-order chi connectivity index (χ0) is 24.3. The van der Waals surface area contributed by atoms with Crippen LogP contribution < -0.4 is 26.8 Å². The molecule has 0 radical (unpaired) electrons. The van der Waals surface area contributed by atoms with Gasteiger partial charge in [0.1, 0.15) is 29.3 Å². The third-order valence-corrected chi connectivity index (χ3v) is 7.17. The lowest BCUT2D eigenvalue weighted by Gasteiger charge is -2.40. The van der Waals surface area contributed by atoms with Crippen LogP contribution in [0.2, 0.25) is 0 Å². The van der Waals surface area contributed by atoms with Crippen molar-refractivity contribution in [2.75, 3.05) is 23.7 Å². The average molecular weight is 468 g/mol. The number of anilines is 3. The van der Waals surface area contributed by atoms with E-state index in [1.54, 1.807) is 16.7 Å². The van der Waals surface area contributed by atoms with E-state index in [1.807, 2.05) is 20.8 Å². The van der Waals surface area contributed by atoms with Crippen molar-refractivity contribution < 1.29 is 9.59 Å². The van der Waals surface area contributed by atoms with E-state index in [0.717, 1.165) is 37.1 Å². The summed E-state index contributed by atoms with van der Waals surface area (Å²) in [4.78, 5) is 46.1. The van der Waals surface area contributed by atoms with Gasteiger partial charge in [-0.3, -0.25) is 19.0 Å². The molecular formula is C24H33N7O3. The summed E-state index contributed by atoms with van der Waals surface area (Å²) in [6.45, 7) is 7.34. The number of pyridine rings is 1. The molecule has 0 aromatic carbocycles. The van der Waals surface area contributed by atoms with E-state index < -0.39 is 5.66 Å². The molecule has 1 aliphatic carbocycles. The van der Waals surface area contributed by atoms with E-state index in [-0.39, 0.29) is 23.3 Å². The van der Waals surface area contributed by atoms with Crippen molar-refractivity contribution in [2.24, 2.45) is 11.8 Å². The van der Waals surface area contributed by atoms with Crippen molar-refractivity contribution >= 4 is 29.6 Å². The number of nitrogens with zero attached hydrogens (tertiary/aromatic N) is 3. The smallest absolute Gasteiger partial charge is 0.276 e. The SMILES string of the molecule is Cc1cc(Nc2cc(NC(=O)C3CNCC3C)ncn2)c(=O)n(C2(NC=O)CCCCC2)c1C. The van der Waals surface area contributed by atoms with Gasteiger partial charge in [-0.2, -0.15) is 0 Å². The number of amides is 2. The average Bonchev–Trinajstić information content (AvgIpc) is 3.25. The minimum Gasteiger partial charge on any atom is -0.336 e. The maximum atomic E-state index is 13.6. The Morgan fingerprint density at radius 3 is 2.56 bits per heavy atom. The Morgan fingerprint density at radius 1 is 1.15 bits per heavy atom. The summed E-state index contributed by atoms with van der Waals surface area (Å²) in [5.74, 6) is 0.818. The lowest BCUT2D eigenvalue weighted by molar-refractivity contribution is -0.120. The van der Waals surface area contributed by atoms with Crippen molar-refractivity contribution in [2.45, 2.75) is 58.5 Å². The normalized spacial score (nSPS) is 21.6. The second kappa shape index (κ2) is 9.92. The Labute approximate surface area is 199 Å². The Morgan fingerprint density at radius 2 is 1.88 bits per heavy atom. The molecule has 1 saturated heterocycles. The molecule has 2 fully saturated rings. The molecule has 1 saturated carbocycles. The van der Waals surface area contributed by atoms with Gasteiger partial charge in [0, 0.05) is 18.3 Å². The fourth-order valence-corrected chi connectivity index (χ4v) is 5.13. The van der Waals surface area contributed by atoms with Gasteiger partial charge in [-0.15, -0.1) is 0 Å². The molecule has 2 aliphatic rings. The Kier molecular flexibility index (Phi) is 6.97.